The van der Waals surface area contributed by atoms with E-state index in [2.05, 4.69) is 16.0 Å². The third kappa shape index (κ3) is 6.92. The number of urea groups is 1. The van der Waals surface area contributed by atoms with Crippen LogP contribution in [0.4, 0.5) is 15.3 Å². The average Bonchev–Trinajstić information content (AvgIpc) is 2.81. The molecule has 9 heteroatoms. The smallest absolute Gasteiger partial charge is 0.444 e. The zero-order valence-electron chi connectivity index (χ0n) is 19.0. The molecule has 2 rings (SSSR count). The second-order valence-electron chi connectivity index (χ2n) is 9.38. The van der Waals surface area contributed by atoms with Crippen LogP contribution in [0.15, 0.2) is 24.3 Å². The number of ether oxygens (including phenoxy) is 1. The summed E-state index contributed by atoms with van der Waals surface area (Å²) in [5.74, 6) is 0. The Bertz CT molecular complexity index is 745. The Morgan fingerprint density at radius 2 is 1.63 bits per heavy atom. The molecule has 0 aromatic heterocycles. The summed E-state index contributed by atoms with van der Waals surface area (Å²) in [4.78, 5) is 23.7. The SMILES string of the molecule is CC(C)(C)OC(=O)NCCCNC(=O)Nc1cccc(B2OC(C)(C)C(C)(C)O2)c1. The van der Waals surface area contributed by atoms with E-state index >= 15 is 0 Å². The van der Waals surface area contributed by atoms with E-state index < -0.39 is 30.0 Å². The first kappa shape index (κ1) is 24.0. The molecule has 1 aromatic rings. The van der Waals surface area contributed by atoms with E-state index in [-0.39, 0.29) is 6.03 Å². The average molecular weight is 419 g/mol. The van der Waals surface area contributed by atoms with E-state index in [0.29, 0.717) is 25.2 Å². The van der Waals surface area contributed by atoms with Gasteiger partial charge in [-0.05, 0) is 72.5 Å². The van der Waals surface area contributed by atoms with E-state index in [9.17, 15) is 9.59 Å². The third-order valence-corrected chi connectivity index (χ3v) is 4.98. The normalized spacial score (nSPS) is 17.4. The van der Waals surface area contributed by atoms with E-state index in [0.717, 1.165) is 5.46 Å². The first-order valence-electron chi connectivity index (χ1n) is 10.3. The molecule has 166 valence electrons. The quantitative estimate of drug-likeness (QED) is 0.487. The van der Waals surface area contributed by atoms with Gasteiger partial charge in [-0.1, -0.05) is 12.1 Å². The lowest BCUT2D eigenvalue weighted by atomic mass is 9.79. The number of alkyl carbamates (subject to hydrolysis) is 1. The summed E-state index contributed by atoms with van der Waals surface area (Å²) in [6.07, 6.45) is 0.118. The molecule has 0 saturated carbocycles. The van der Waals surface area contributed by atoms with Gasteiger partial charge in [-0.2, -0.15) is 0 Å². The number of rotatable bonds is 6. The summed E-state index contributed by atoms with van der Waals surface area (Å²) in [6.45, 7) is 14.2. The first-order valence-corrected chi connectivity index (χ1v) is 10.3. The lowest BCUT2D eigenvalue weighted by Gasteiger charge is -2.32. The molecule has 0 unspecified atom stereocenters. The first-order chi connectivity index (χ1) is 13.8. The van der Waals surface area contributed by atoms with Gasteiger partial charge in [0.25, 0.3) is 0 Å². The van der Waals surface area contributed by atoms with E-state index in [1.54, 1.807) is 26.8 Å². The van der Waals surface area contributed by atoms with Crippen LogP contribution in [0.2, 0.25) is 0 Å². The Morgan fingerprint density at radius 1 is 1.03 bits per heavy atom. The van der Waals surface area contributed by atoms with Crippen molar-refractivity contribution >= 4 is 30.4 Å². The number of hydrogen-bond acceptors (Lipinski definition) is 5. The Kier molecular flexibility index (Phi) is 7.42. The number of anilines is 1. The zero-order chi connectivity index (χ0) is 22.6. The maximum absolute atomic E-state index is 12.1. The third-order valence-electron chi connectivity index (χ3n) is 4.98. The number of benzene rings is 1. The summed E-state index contributed by atoms with van der Waals surface area (Å²) in [5.41, 5.74) is 0.105. The van der Waals surface area contributed by atoms with Crippen LogP contribution in [0.25, 0.3) is 0 Å². The van der Waals surface area contributed by atoms with Crippen molar-refractivity contribution in [1.29, 1.82) is 0 Å². The Labute approximate surface area is 179 Å². The van der Waals surface area contributed by atoms with Gasteiger partial charge in [-0.3, -0.25) is 0 Å². The molecule has 0 aliphatic carbocycles. The maximum Gasteiger partial charge on any atom is 0.494 e. The fraction of sp³-hybridized carbons (Fsp3) is 0.619. The molecule has 0 bridgehead atoms. The topological polar surface area (TPSA) is 97.9 Å². The fourth-order valence-corrected chi connectivity index (χ4v) is 2.71. The van der Waals surface area contributed by atoms with Gasteiger partial charge in [0.1, 0.15) is 5.60 Å². The van der Waals surface area contributed by atoms with Crippen molar-refractivity contribution < 1.29 is 23.6 Å². The Balaban J connectivity index is 1.76. The van der Waals surface area contributed by atoms with Crippen molar-refractivity contribution in [1.82, 2.24) is 10.6 Å². The number of nitrogens with one attached hydrogen (secondary N) is 3. The number of carbonyl (C=O) groups is 2. The van der Waals surface area contributed by atoms with Crippen LogP contribution >= 0.6 is 0 Å². The predicted molar refractivity (Wildman–Crippen MR) is 118 cm³/mol. The van der Waals surface area contributed by atoms with Gasteiger partial charge in [-0.25, -0.2) is 9.59 Å². The van der Waals surface area contributed by atoms with Crippen molar-refractivity contribution in [3.8, 4) is 0 Å². The van der Waals surface area contributed by atoms with E-state index in [1.165, 1.54) is 0 Å². The predicted octanol–water partition coefficient (Wildman–Crippen LogP) is 3.02. The van der Waals surface area contributed by atoms with Crippen molar-refractivity contribution in [2.75, 3.05) is 18.4 Å². The van der Waals surface area contributed by atoms with Crippen molar-refractivity contribution in [2.45, 2.75) is 71.7 Å². The van der Waals surface area contributed by atoms with Crippen molar-refractivity contribution in [3.63, 3.8) is 0 Å². The Hall–Kier alpha value is -2.26. The standard InChI is InChI=1S/C21H34BN3O5/c1-19(2,3)28-18(27)24-13-9-12-23-17(26)25-16-11-8-10-15(14-16)22-29-20(4,5)21(6,7)30-22/h8,10-11,14H,9,12-13H2,1-7H3,(H,24,27)(H2,23,25,26). The summed E-state index contributed by atoms with van der Waals surface area (Å²) < 4.78 is 17.3. The van der Waals surface area contributed by atoms with Crippen LogP contribution in [-0.4, -0.2) is 49.1 Å². The van der Waals surface area contributed by atoms with Crippen LogP contribution in [-0.2, 0) is 14.0 Å². The molecule has 1 aliphatic heterocycles. The van der Waals surface area contributed by atoms with Crippen molar-refractivity contribution in [2.24, 2.45) is 0 Å². The van der Waals surface area contributed by atoms with Gasteiger partial charge in [0.15, 0.2) is 0 Å². The molecule has 0 radical (unpaired) electrons. The molecule has 1 heterocycles. The second kappa shape index (κ2) is 9.26. The van der Waals surface area contributed by atoms with Crippen molar-refractivity contribution in [3.05, 3.63) is 24.3 Å². The molecule has 0 atom stereocenters. The highest BCUT2D eigenvalue weighted by molar-refractivity contribution is 6.62. The summed E-state index contributed by atoms with van der Waals surface area (Å²) in [5, 5.41) is 8.22. The zero-order valence-corrected chi connectivity index (χ0v) is 19.0. The van der Waals surface area contributed by atoms with Gasteiger partial charge in [0.05, 0.1) is 11.2 Å². The highest BCUT2D eigenvalue weighted by Crippen LogP contribution is 2.36. The minimum atomic E-state index is -0.531. The van der Waals surface area contributed by atoms with Gasteiger partial charge < -0.3 is 30.0 Å². The number of carbonyl (C=O) groups excluding carboxylic acids is 2. The molecule has 30 heavy (non-hydrogen) atoms. The highest BCUT2D eigenvalue weighted by Gasteiger charge is 2.51. The monoisotopic (exact) mass is 419 g/mol. The highest BCUT2D eigenvalue weighted by atomic mass is 16.7. The number of hydrogen-bond donors (Lipinski definition) is 3. The lowest BCUT2D eigenvalue weighted by molar-refractivity contribution is 0.00578. The molecule has 1 saturated heterocycles. The molecule has 1 aromatic carbocycles. The minimum Gasteiger partial charge on any atom is -0.444 e. The van der Waals surface area contributed by atoms with Gasteiger partial charge in [0, 0.05) is 18.8 Å². The summed E-state index contributed by atoms with van der Waals surface area (Å²) in [7, 11) is -0.487. The Morgan fingerprint density at radius 3 is 2.23 bits per heavy atom. The summed E-state index contributed by atoms with van der Waals surface area (Å²) >= 11 is 0. The molecule has 0 spiro atoms. The van der Waals surface area contributed by atoms with Gasteiger partial charge >= 0.3 is 19.2 Å². The van der Waals surface area contributed by atoms with E-state index in [1.807, 2.05) is 45.9 Å². The second-order valence-corrected chi connectivity index (χ2v) is 9.38. The molecule has 1 aliphatic rings. The molecular weight excluding hydrogens is 385 g/mol. The largest absolute Gasteiger partial charge is 0.494 e. The summed E-state index contributed by atoms with van der Waals surface area (Å²) in [6, 6.07) is 7.08. The minimum absolute atomic E-state index is 0.321. The van der Waals surface area contributed by atoms with Crippen LogP contribution in [0.3, 0.4) is 0 Å². The van der Waals surface area contributed by atoms with E-state index in [4.69, 9.17) is 14.0 Å². The molecule has 3 amide bonds. The molecular formula is C21H34BN3O5. The van der Waals surface area contributed by atoms with Gasteiger partial charge in [0.2, 0.25) is 0 Å². The molecule has 1 fully saturated rings. The van der Waals surface area contributed by atoms with Crippen LogP contribution < -0.4 is 21.4 Å². The lowest BCUT2D eigenvalue weighted by Crippen LogP contribution is -2.41. The molecule has 8 nitrogen and oxygen atoms in total. The van der Waals surface area contributed by atoms with Crippen LogP contribution in [0.1, 0.15) is 54.9 Å². The number of amides is 3. The van der Waals surface area contributed by atoms with Crippen LogP contribution in [0, 0.1) is 0 Å². The maximum atomic E-state index is 12.1. The van der Waals surface area contributed by atoms with Gasteiger partial charge in [-0.15, -0.1) is 0 Å². The van der Waals surface area contributed by atoms with Crippen LogP contribution in [0.5, 0.6) is 0 Å². The fourth-order valence-electron chi connectivity index (χ4n) is 2.71. The molecule has 3 N–H and O–H groups in total.